The highest BCUT2D eigenvalue weighted by Crippen LogP contribution is 2.34. The van der Waals surface area contributed by atoms with Crippen LogP contribution in [0.15, 0.2) is 29.1 Å². The molecule has 1 atom stereocenters. The number of amides is 1. The van der Waals surface area contributed by atoms with Crippen molar-refractivity contribution in [2.45, 2.75) is 51.6 Å². The summed E-state index contributed by atoms with van der Waals surface area (Å²) in [7, 11) is 0. The van der Waals surface area contributed by atoms with E-state index in [0.717, 1.165) is 43.4 Å². The van der Waals surface area contributed by atoms with Crippen molar-refractivity contribution >= 4 is 33.1 Å². The number of carbonyl (C=O) groups excluding carboxylic acids is 1. The van der Waals surface area contributed by atoms with E-state index in [-0.39, 0.29) is 24.1 Å². The predicted molar refractivity (Wildman–Crippen MR) is 105 cm³/mol. The molecule has 5 rings (SSSR count). The molecule has 2 aromatic heterocycles. The van der Waals surface area contributed by atoms with Crippen LogP contribution in [0.3, 0.4) is 0 Å². The average Bonchev–Trinajstić information content (AvgIpc) is 3.21. The molecule has 0 bridgehead atoms. The van der Waals surface area contributed by atoms with Crippen LogP contribution >= 0.6 is 11.3 Å². The zero-order valence-corrected chi connectivity index (χ0v) is 16.0. The molecular formula is C20H20N4O2S. The van der Waals surface area contributed by atoms with Crippen LogP contribution < -0.4 is 10.5 Å². The van der Waals surface area contributed by atoms with Crippen LogP contribution in [0.1, 0.15) is 35.8 Å². The molecule has 0 fully saturated rings. The molecule has 2 aliphatic rings. The Morgan fingerprint density at radius 1 is 1.26 bits per heavy atom. The molecule has 0 saturated carbocycles. The second kappa shape index (κ2) is 6.27. The van der Waals surface area contributed by atoms with Crippen LogP contribution in [0.5, 0.6) is 0 Å². The number of aromatic nitrogens is 3. The lowest BCUT2D eigenvalue weighted by Gasteiger charge is -2.22. The molecule has 1 aliphatic heterocycles. The number of carbonyl (C=O) groups is 1. The first kappa shape index (κ1) is 16.6. The molecule has 1 aliphatic carbocycles. The molecule has 1 amide bonds. The van der Waals surface area contributed by atoms with Crippen LogP contribution in [-0.2, 0) is 30.6 Å². The Labute approximate surface area is 160 Å². The van der Waals surface area contributed by atoms with Gasteiger partial charge in [0.1, 0.15) is 6.54 Å². The van der Waals surface area contributed by atoms with Crippen molar-refractivity contribution in [3.8, 4) is 0 Å². The molecule has 0 radical (unpaired) electrons. The van der Waals surface area contributed by atoms with Gasteiger partial charge in [-0.3, -0.25) is 9.59 Å². The van der Waals surface area contributed by atoms with E-state index < -0.39 is 0 Å². The number of hydrogen-bond donors (Lipinski definition) is 0. The van der Waals surface area contributed by atoms with Crippen LogP contribution in [0.25, 0.3) is 10.2 Å². The summed E-state index contributed by atoms with van der Waals surface area (Å²) in [6.45, 7) is 1.95. The number of fused-ring (bicyclic) bond motifs is 4. The van der Waals surface area contributed by atoms with Gasteiger partial charge < -0.3 is 4.90 Å². The fraction of sp³-hybridized carbons (Fsp3) is 0.400. The Morgan fingerprint density at radius 3 is 2.96 bits per heavy atom. The lowest BCUT2D eigenvalue weighted by atomic mass is 9.97. The zero-order valence-electron chi connectivity index (χ0n) is 15.1. The molecule has 27 heavy (non-hydrogen) atoms. The van der Waals surface area contributed by atoms with E-state index in [4.69, 9.17) is 0 Å². The molecule has 6 nitrogen and oxygen atoms in total. The normalized spacial score (nSPS) is 18.6. The summed E-state index contributed by atoms with van der Waals surface area (Å²) in [5.74, 6) is -0.118. The highest BCUT2D eigenvalue weighted by Gasteiger charge is 2.31. The maximum Gasteiger partial charge on any atom is 0.279 e. The fourth-order valence-corrected chi connectivity index (χ4v) is 5.56. The standard InChI is InChI=1S/C20H20N4O2S/c1-12-10-13-6-2-4-8-15(13)24(12)17(25)11-23-20(26)18-14-7-3-5-9-16(14)27-19(18)21-22-23/h2,4,6,8,12H,3,5,7,9-11H2,1H3/t12-/m0/s1. The summed E-state index contributed by atoms with van der Waals surface area (Å²) in [4.78, 5) is 29.8. The van der Waals surface area contributed by atoms with E-state index in [2.05, 4.69) is 16.4 Å². The van der Waals surface area contributed by atoms with E-state index in [1.165, 1.54) is 15.1 Å². The van der Waals surface area contributed by atoms with Gasteiger partial charge in [0.25, 0.3) is 5.56 Å². The monoisotopic (exact) mass is 380 g/mol. The second-order valence-electron chi connectivity index (χ2n) is 7.39. The highest BCUT2D eigenvalue weighted by molar-refractivity contribution is 7.18. The minimum Gasteiger partial charge on any atom is -0.307 e. The predicted octanol–water partition coefficient (Wildman–Crippen LogP) is 2.71. The number of aryl methyl sites for hydroxylation is 2. The first-order chi connectivity index (χ1) is 13.1. The van der Waals surface area contributed by atoms with Crippen molar-refractivity contribution in [1.82, 2.24) is 15.0 Å². The minimum absolute atomic E-state index is 0.0783. The number of hydrogen-bond acceptors (Lipinski definition) is 5. The molecule has 1 aromatic carbocycles. The largest absolute Gasteiger partial charge is 0.307 e. The second-order valence-corrected chi connectivity index (χ2v) is 8.47. The number of thiophene rings is 1. The van der Waals surface area contributed by atoms with Gasteiger partial charge in [-0.25, -0.2) is 4.68 Å². The maximum atomic E-state index is 13.0. The lowest BCUT2D eigenvalue weighted by Crippen LogP contribution is -2.40. The van der Waals surface area contributed by atoms with Gasteiger partial charge in [0, 0.05) is 16.6 Å². The summed E-state index contributed by atoms with van der Waals surface area (Å²) in [6, 6.07) is 8.02. The van der Waals surface area contributed by atoms with Gasteiger partial charge in [-0.05, 0) is 56.2 Å². The van der Waals surface area contributed by atoms with Gasteiger partial charge in [0.05, 0.1) is 5.39 Å². The number of benzene rings is 1. The van der Waals surface area contributed by atoms with Crippen LogP contribution in [0, 0.1) is 0 Å². The lowest BCUT2D eigenvalue weighted by molar-refractivity contribution is -0.119. The van der Waals surface area contributed by atoms with E-state index in [1.807, 2.05) is 25.1 Å². The third kappa shape index (κ3) is 2.60. The third-order valence-corrected chi connectivity index (χ3v) is 6.78. The van der Waals surface area contributed by atoms with Crippen molar-refractivity contribution in [1.29, 1.82) is 0 Å². The van der Waals surface area contributed by atoms with Gasteiger partial charge in [-0.1, -0.05) is 23.4 Å². The van der Waals surface area contributed by atoms with Crippen molar-refractivity contribution in [2.24, 2.45) is 0 Å². The third-order valence-electron chi connectivity index (χ3n) is 5.61. The topological polar surface area (TPSA) is 68.1 Å². The Balaban J connectivity index is 1.51. The van der Waals surface area contributed by atoms with E-state index in [9.17, 15) is 9.59 Å². The number of rotatable bonds is 2. The summed E-state index contributed by atoms with van der Waals surface area (Å²) in [5, 5.41) is 8.98. The highest BCUT2D eigenvalue weighted by atomic mass is 32.1. The van der Waals surface area contributed by atoms with Gasteiger partial charge >= 0.3 is 0 Å². The maximum absolute atomic E-state index is 13.0. The Bertz CT molecular complexity index is 1120. The first-order valence-electron chi connectivity index (χ1n) is 9.41. The quantitative estimate of drug-likeness (QED) is 0.686. The molecule has 0 saturated heterocycles. The number of para-hydroxylation sites is 1. The molecule has 3 aromatic rings. The van der Waals surface area contributed by atoms with Crippen LogP contribution in [-0.4, -0.2) is 26.9 Å². The number of nitrogens with zero attached hydrogens (tertiary/aromatic N) is 4. The molecule has 7 heteroatoms. The van der Waals surface area contributed by atoms with Gasteiger partial charge in [0.15, 0.2) is 4.83 Å². The van der Waals surface area contributed by atoms with E-state index >= 15 is 0 Å². The van der Waals surface area contributed by atoms with Crippen molar-refractivity contribution in [3.05, 3.63) is 50.6 Å². The Kier molecular flexibility index (Phi) is 3.86. The zero-order chi connectivity index (χ0) is 18.5. The average molecular weight is 380 g/mol. The van der Waals surface area contributed by atoms with E-state index in [1.54, 1.807) is 16.2 Å². The molecule has 0 unspecified atom stereocenters. The van der Waals surface area contributed by atoms with Gasteiger partial charge in [0.2, 0.25) is 5.91 Å². The molecule has 0 N–H and O–H groups in total. The molecular weight excluding hydrogens is 360 g/mol. The molecule has 138 valence electrons. The van der Waals surface area contributed by atoms with Crippen LogP contribution in [0.4, 0.5) is 5.69 Å². The van der Waals surface area contributed by atoms with Crippen LogP contribution in [0.2, 0.25) is 0 Å². The van der Waals surface area contributed by atoms with Gasteiger partial charge in [-0.15, -0.1) is 16.4 Å². The summed E-state index contributed by atoms with van der Waals surface area (Å²) < 4.78 is 1.24. The molecule has 3 heterocycles. The van der Waals surface area contributed by atoms with Gasteiger partial charge in [-0.2, -0.15) is 0 Å². The SMILES string of the molecule is C[C@H]1Cc2ccccc2N1C(=O)Cn1nnc2sc3c(c2c1=O)CCCC3. The number of anilines is 1. The summed E-state index contributed by atoms with van der Waals surface area (Å²) in [5.41, 5.74) is 3.04. The van der Waals surface area contributed by atoms with Crippen molar-refractivity contribution in [3.63, 3.8) is 0 Å². The fourth-order valence-electron chi connectivity index (χ4n) is 4.36. The smallest absolute Gasteiger partial charge is 0.279 e. The Hall–Kier alpha value is -2.54. The Morgan fingerprint density at radius 2 is 2.07 bits per heavy atom. The van der Waals surface area contributed by atoms with Crippen molar-refractivity contribution < 1.29 is 4.79 Å². The van der Waals surface area contributed by atoms with E-state index in [0.29, 0.717) is 10.2 Å². The minimum atomic E-state index is -0.187. The molecule has 0 spiro atoms. The summed E-state index contributed by atoms with van der Waals surface area (Å²) in [6.07, 6.45) is 5.02. The first-order valence-corrected chi connectivity index (χ1v) is 10.2. The van der Waals surface area contributed by atoms with Crippen molar-refractivity contribution in [2.75, 3.05) is 4.90 Å². The summed E-state index contributed by atoms with van der Waals surface area (Å²) >= 11 is 1.58.